The number of piperidine rings is 1. The number of carbonyl (C=O) groups is 1. The van der Waals surface area contributed by atoms with E-state index in [0.29, 0.717) is 18.7 Å². The Morgan fingerprint density at radius 1 is 1.46 bits per heavy atom. The van der Waals surface area contributed by atoms with Crippen molar-refractivity contribution >= 4 is 17.2 Å². The highest BCUT2D eigenvalue weighted by molar-refractivity contribution is 7.10. The number of halogens is 3. The molecule has 2 N–H and O–H groups in total. The van der Waals surface area contributed by atoms with Crippen LogP contribution in [-0.2, 0) is 12.7 Å². The highest BCUT2D eigenvalue weighted by Crippen LogP contribution is 2.29. The fourth-order valence-corrected chi connectivity index (χ4v) is 3.81. The molecule has 3 heterocycles. The molecule has 24 heavy (non-hydrogen) atoms. The van der Waals surface area contributed by atoms with Gasteiger partial charge in [-0.25, -0.2) is 0 Å². The Morgan fingerprint density at radius 3 is 2.88 bits per heavy atom. The maximum atomic E-state index is 12.7. The molecule has 9 heteroatoms. The van der Waals surface area contributed by atoms with Gasteiger partial charge in [-0.2, -0.15) is 18.3 Å². The van der Waals surface area contributed by atoms with E-state index in [1.54, 1.807) is 11.4 Å². The molecule has 1 saturated heterocycles. The highest BCUT2D eigenvalue weighted by atomic mass is 32.1. The first-order chi connectivity index (χ1) is 11.3. The van der Waals surface area contributed by atoms with Crippen LogP contribution in [0.2, 0.25) is 0 Å². The van der Waals surface area contributed by atoms with Crippen molar-refractivity contribution in [2.45, 2.75) is 31.6 Å². The number of alkyl halides is 3. The van der Waals surface area contributed by atoms with Crippen molar-refractivity contribution < 1.29 is 18.0 Å². The van der Waals surface area contributed by atoms with Gasteiger partial charge in [0.25, 0.3) is 0 Å². The molecule has 2 aromatic rings. The first-order valence-electron chi connectivity index (χ1n) is 7.55. The Balaban J connectivity index is 1.65. The summed E-state index contributed by atoms with van der Waals surface area (Å²) in [5.41, 5.74) is 4.88. The number of hydrogen-bond donors (Lipinski definition) is 1. The molecule has 1 aliphatic rings. The van der Waals surface area contributed by atoms with Gasteiger partial charge in [0.05, 0.1) is 11.6 Å². The van der Waals surface area contributed by atoms with E-state index in [-0.39, 0.29) is 6.04 Å². The summed E-state index contributed by atoms with van der Waals surface area (Å²) in [5, 5.41) is 5.40. The monoisotopic (exact) mass is 358 g/mol. The molecule has 1 unspecified atom stereocenters. The Hall–Kier alpha value is -1.87. The molecule has 0 aliphatic carbocycles. The van der Waals surface area contributed by atoms with E-state index in [2.05, 4.69) is 10.00 Å². The summed E-state index contributed by atoms with van der Waals surface area (Å²) in [4.78, 5) is 14.3. The van der Waals surface area contributed by atoms with Crippen molar-refractivity contribution in [3.05, 3.63) is 39.8 Å². The molecule has 2 aromatic heterocycles. The zero-order valence-corrected chi connectivity index (χ0v) is 13.6. The van der Waals surface area contributed by atoms with Gasteiger partial charge in [-0.15, -0.1) is 11.3 Å². The van der Waals surface area contributed by atoms with Gasteiger partial charge < -0.3 is 5.73 Å². The number of rotatable bonds is 4. The number of aromatic nitrogens is 2. The molecule has 130 valence electrons. The van der Waals surface area contributed by atoms with Gasteiger partial charge in [0.2, 0.25) is 5.91 Å². The number of primary amides is 1. The number of likely N-dealkylation sites (tertiary alicyclic amines) is 1. The Bertz CT molecular complexity index is 724. The summed E-state index contributed by atoms with van der Waals surface area (Å²) in [6, 6.07) is 2.70. The van der Waals surface area contributed by atoms with E-state index in [9.17, 15) is 18.0 Å². The maximum Gasteiger partial charge on any atom is 0.435 e. The number of nitrogens with two attached hydrogens (primary N) is 1. The van der Waals surface area contributed by atoms with Crippen molar-refractivity contribution in [3.8, 4) is 0 Å². The molecular weight excluding hydrogens is 341 g/mol. The van der Waals surface area contributed by atoms with Gasteiger partial charge in [-0.3, -0.25) is 14.4 Å². The van der Waals surface area contributed by atoms with Crippen LogP contribution in [0, 0.1) is 0 Å². The second kappa shape index (κ2) is 6.56. The van der Waals surface area contributed by atoms with Crippen LogP contribution in [0.5, 0.6) is 0 Å². The minimum Gasteiger partial charge on any atom is -0.366 e. The Morgan fingerprint density at radius 2 is 2.25 bits per heavy atom. The molecule has 1 aliphatic heterocycles. The normalized spacial score (nSPS) is 19.5. The number of carbonyl (C=O) groups excluding carboxylic acids is 1. The summed E-state index contributed by atoms with van der Waals surface area (Å²) in [6.45, 7) is 2.15. The van der Waals surface area contributed by atoms with Crippen LogP contribution in [0.1, 0.15) is 39.8 Å². The van der Waals surface area contributed by atoms with E-state index in [1.807, 2.05) is 0 Å². The molecule has 0 aromatic carbocycles. The van der Waals surface area contributed by atoms with Crippen molar-refractivity contribution in [1.29, 1.82) is 0 Å². The van der Waals surface area contributed by atoms with Crippen LogP contribution >= 0.6 is 11.3 Å². The number of hydrogen-bond acceptors (Lipinski definition) is 4. The molecule has 0 bridgehead atoms. The maximum absolute atomic E-state index is 12.7. The van der Waals surface area contributed by atoms with Crippen molar-refractivity contribution in [1.82, 2.24) is 14.7 Å². The fraction of sp³-hybridized carbons (Fsp3) is 0.467. The summed E-state index contributed by atoms with van der Waals surface area (Å²) in [6.07, 6.45) is -1.33. The van der Waals surface area contributed by atoms with E-state index < -0.39 is 17.8 Å². The molecule has 3 rings (SSSR count). The van der Waals surface area contributed by atoms with Crippen LogP contribution in [-0.4, -0.2) is 33.7 Å². The lowest BCUT2D eigenvalue weighted by Crippen LogP contribution is -2.36. The molecular formula is C15H17F3N4OS. The van der Waals surface area contributed by atoms with Crippen molar-refractivity contribution in [2.75, 3.05) is 13.1 Å². The lowest BCUT2D eigenvalue weighted by Gasteiger charge is -2.32. The first-order valence-corrected chi connectivity index (χ1v) is 8.43. The summed E-state index contributed by atoms with van der Waals surface area (Å²) >= 11 is 1.46. The molecule has 0 spiro atoms. The predicted molar refractivity (Wildman–Crippen MR) is 83.6 cm³/mol. The third-order valence-corrected chi connectivity index (χ3v) is 4.99. The third kappa shape index (κ3) is 3.78. The van der Waals surface area contributed by atoms with Gasteiger partial charge in [-0.1, -0.05) is 0 Å². The summed E-state index contributed by atoms with van der Waals surface area (Å²) < 4.78 is 39.4. The fourth-order valence-electron chi connectivity index (χ4n) is 2.90. The van der Waals surface area contributed by atoms with Gasteiger partial charge in [0.15, 0.2) is 5.69 Å². The topological polar surface area (TPSA) is 64.2 Å². The Labute approximate surface area is 140 Å². The predicted octanol–water partition coefficient (Wildman–Crippen LogP) is 2.90. The van der Waals surface area contributed by atoms with Crippen molar-refractivity contribution in [3.63, 3.8) is 0 Å². The summed E-state index contributed by atoms with van der Waals surface area (Å²) in [5.74, 6) is -0.453. The van der Waals surface area contributed by atoms with Crippen LogP contribution in [0.15, 0.2) is 23.7 Å². The average molecular weight is 358 g/mol. The largest absolute Gasteiger partial charge is 0.435 e. The molecule has 0 saturated carbocycles. The highest BCUT2D eigenvalue weighted by Gasteiger charge is 2.34. The van der Waals surface area contributed by atoms with E-state index in [4.69, 9.17) is 5.73 Å². The van der Waals surface area contributed by atoms with Gasteiger partial charge in [0.1, 0.15) is 0 Å². The quantitative estimate of drug-likeness (QED) is 0.914. The molecule has 1 atom stereocenters. The van der Waals surface area contributed by atoms with Gasteiger partial charge in [-0.05, 0) is 31.5 Å². The average Bonchev–Trinajstić information content (AvgIpc) is 3.16. The number of amides is 1. The Kier molecular flexibility index (Phi) is 4.64. The van der Waals surface area contributed by atoms with Crippen LogP contribution in [0.25, 0.3) is 0 Å². The number of thiophene rings is 1. The number of nitrogens with zero attached hydrogens (tertiary/aromatic N) is 3. The molecule has 1 fully saturated rings. The zero-order valence-electron chi connectivity index (χ0n) is 12.8. The third-order valence-electron chi connectivity index (χ3n) is 4.07. The van der Waals surface area contributed by atoms with Crippen LogP contribution < -0.4 is 5.73 Å². The van der Waals surface area contributed by atoms with Crippen LogP contribution in [0.3, 0.4) is 0 Å². The lowest BCUT2D eigenvalue weighted by molar-refractivity contribution is -0.141. The zero-order chi connectivity index (χ0) is 17.3. The second-order valence-electron chi connectivity index (χ2n) is 5.88. The van der Waals surface area contributed by atoms with E-state index in [0.717, 1.165) is 30.3 Å². The van der Waals surface area contributed by atoms with Gasteiger partial charge in [0, 0.05) is 29.5 Å². The molecule has 5 nitrogen and oxygen atoms in total. The lowest BCUT2D eigenvalue weighted by atomic mass is 10.1. The van der Waals surface area contributed by atoms with Gasteiger partial charge >= 0.3 is 6.18 Å². The minimum atomic E-state index is -4.41. The standard InChI is InChI=1S/C15H17F3N4OS/c16-15(17,18)13-3-5-22(20-13)11-2-1-4-21(7-11)8-12-6-10(9-24-12)14(19)23/h3,5-6,9,11H,1-2,4,7-8H2,(H2,19,23). The smallest absolute Gasteiger partial charge is 0.366 e. The molecule has 1 amide bonds. The van der Waals surface area contributed by atoms with Crippen LogP contribution in [0.4, 0.5) is 13.2 Å². The van der Waals surface area contributed by atoms with E-state index >= 15 is 0 Å². The second-order valence-corrected chi connectivity index (χ2v) is 6.87. The molecule has 0 radical (unpaired) electrons. The minimum absolute atomic E-state index is 0.0783. The van der Waals surface area contributed by atoms with E-state index in [1.165, 1.54) is 22.2 Å². The SMILES string of the molecule is NC(=O)c1csc(CN2CCCC(n3ccc(C(F)(F)F)n3)C2)c1. The van der Waals surface area contributed by atoms with Crippen molar-refractivity contribution in [2.24, 2.45) is 5.73 Å². The summed E-state index contributed by atoms with van der Waals surface area (Å²) in [7, 11) is 0. The first kappa shape index (κ1) is 17.0.